The Morgan fingerprint density at radius 2 is 2.38 bits per heavy atom. The molecule has 1 aromatic carbocycles. The fourth-order valence-corrected chi connectivity index (χ4v) is 1.64. The van der Waals surface area contributed by atoms with Crippen molar-refractivity contribution in [2.75, 3.05) is 6.61 Å². The third-order valence-electron chi connectivity index (χ3n) is 2.61. The van der Waals surface area contributed by atoms with Crippen LogP contribution in [0, 0.1) is 11.3 Å². The number of nitriles is 1. The molecule has 16 heavy (non-hydrogen) atoms. The van der Waals surface area contributed by atoms with E-state index in [1.54, 1.807) is 0 Å². The number of hydrogen-bond acceptors (Lipinski definition) is 3. The van der Waals surface area contributed by atoms with Crippen molar-refractivity contribution in [1.29, 1.82) is 5.26 Å². The zero-order valence-corrected chi connectivity index (χ0v) is 9.44. The number of nitrogens with zero attached hydrogens (tertiary/aromatic N) is 1. The van der Waals surface area contributed by atoms with Gasteiger partial charge < -0.3 is 4.74 Å². The predicted molar refractivity (Wildman–Crippen MR) is 62.1 cm³/mol. The fourth-order valence-electron chi connectivity index (χ4n) is 1.64. The quantitative estimate of drug-likeness (QED) is 0.822. The van der Waals surface area contributed by atoms with E-state index in [1.807, 2.05) is 31.2 Å². The molecule has 0 bridgehead atoms. The minimum absolute atomic E-state index is 0.215. The average Bonchev–Trinajstić information content (AvgIpc) is 3.10. The van der Waals surface area contributed by atoms with E-state index in [2.05, 4.69) is 11.4 Å². The summed E-state index contributed by atoms with van der Waals surface area (Å²) in [6.45, 7) is 2.60. The molecule has 1 atom stereocenters. The number of rotatable bonds is 5. The van der Waals surface area contributed by atoms with E-state index in [4.69, 9.17) is 10.00 Å². The van der Waals surface area contributed by atoms with Crippen LogP contribution in [0.15, 0.2) is 24.3 Å². The summed E-state index contributed by atoms with van der Waals surface area (Å²) in [6, 6.07) is 10.4. The molecule has 1 aliphatic rings. The lowest BCUT2D eigenvalue weighted by Crippen LogP contribution is -2.21. The van der Waals surface area contributed by atoms with Gasteiger partial charge in [-0.1, -0.05) is 12.1 Å². The molecule has 2 rings (SSSR count). The Balaban J connectivity index is 2.10. The lowest BCUT2D eigenvalue weighted by atomic mass is 10.1. The van der Waals surface area contributed by atoms with Crippen molar-refractivity contribution in [2.45, 2.75) is 31.8 Å². The second kappa shape index (κ2) is 5.00. The van der Waals surface area contributed by atoms with Crippen LogP contribution in [0.1, 0.15) is 31.4 Å². The van der Waals surface area contributed by atoms with E-state index in [1.165, 1.54) is 12.8 Å². The predicted octanol–water partition coefficient (Wildman–Crippen LogP) is 2.40. The van der Waals surface area contributed by atoms with Gasteiger partial charge in [0.1, 0.15) is 11.8 Å². The van der Waals surface area contributed by atoms with E-state index in [-0.39, 0.29) is 6.04 Å². The molecule has 0 spiro atoms. The number of ether oxygens (including phenoxy) is 1. The van der Waals surface area contributed by atoms with Crippen molar-refractivity contribution in [2.24, 2.45) is 0 Å². The SMILES string of the molecule is CCOc1cccc(C(C#N)NC2CC2)c1. The molecular formula is C13H16N2O. The molecule has 0 aromatic heterocycles. The van der Waals surface area contributed by atoms with Crippen LogP contribution in [0.25, 0.3) is 0 Å². The molecule has 0 aliphatic heterocycles. The molecule has 3 nitrogen and oxygen atoms in total. The van der Waals surface area contributed by atoms with E-state index < -0.39 is 0 Å². The molecule has 1 fully saturated rings. The summed E-state index contributed by atoms with van der Waals surface area (Å²) in [6.07, 6.45) is 2.37. The lowest BCUT2D eigenvalue weighted by molar-refractivity contribution is 0.339. The van der Waals surface area contributed by atoms with Crippen LogP contribution in [0.5, 0.6) is 5.75 Å². The van der Waals surface area contributed by atoms with Crippen molar-refractivity contribution in [1.82, 2.24) is 5.32 Å². The normalized spacial score (nSPS) is 16.5. The van der Waals surface area contributed by atoms with Crippen LogP contribution in [0.4, 0.5) is 0 Å². The molecular weight excluding hydrogens is 200 g/mol. The van der Waals surface area contributed by atoms with Gasteiger partial charge in [-0.15, -0.1) is 0 Å². The number of hydrogen-bond donors (Lipinski definition) is 1. The van der Waals surface area contributed by atoms with Gasteiger partial charge in [0.25, 0.3) is 0 Å². The second-order valence-electron chi connectivity index (χ2n) is 4.01. The first-order valence-electron chi connectivity index (χ1n) is 5.72. The van der Waals surface area contributed by atoms with Crippen LogP contribution in [-0.2, 0) is 0 Å². The van der Waals surface area contributed by atoms with Gasteiger partial charge in [0.15, 0.2) is 0 Å². The maximum atomic E-state index is 9.12. The van der Waals surface area contributed by atoms with Gasteiger partial charge in [-0.2, -0.15) is 5.26 Å². The van der Waals surface area contributed by atoms with Gasteiger partial charge in [0.2, 0.25) is 0 Å². The third kappa shape index (κ3) is 2.74. The summed E-state index contributed by atoms with van der Waals surface area (Å²) in [5, 5.41) is 12.4. The van der Waals surface area contributed by atoms with E-state index in [0.717, 1.165) is 11.3 Å². The van der Waals surface area contributed by atoms with Crippen LogP contribution < -0.4 is 10.1 Å². The molecule has 0 heterocycles. The zero-order chi connectivity index (χ0) is 11.4. The van der Waals surface area contributed by atoms with Crippen LogP contribution in [0.3, 0.4) is 0 Å². The Bertz CT molecular complexity index is 393. The molecule has 3 heteroatoms. The highest BCUT2D eigenvalue weighted by Crippen LogP contribution is 2.25. The van der Waals surface area contributed by atoms with Gasteiger partial charge in [0.05, 0.1) is 12.7 Å². The van der Waals surface area contributed by atoms with Gasteiger partial charge in [0, 0.05) is 6.04 Å². The Labute approximate surface area is 96.0 Å². The van der Waals surface area contributed by atoms with Crippen molar-refractivity contribution >= 4 is 0 Å². The summed E-state index contributed by atoms with van der Waals surface area (Å²) in [4.78, 5) is 0. The summed E-state index contributed by atoms with van der Waals surface area (Å²) < 4.78 is 5.42. The molecule has 0 radical (unpaired) electrons. The first-order chi connectivity index (χ1) is 7.83. The maximum absolute atomic E-state index is 9.12. The fraction of sp³-hybridized carbons (Fsp3) is 0.462. The monoisotopic (exact) mass is 216 g/mol. The highest BCUT2D eigenvalue weighted by atomic mass is 16.5. The zero-order valence-electron chi connectivity index (χ0n) is 9.44. The highest BCUT2D eigenvalue weighted by molar-refractivity contribution is 5.33. The molecule has 1 aliphatic carbocycles. The smallest absolute Gasteiger partial charge is 0.121 e. The Morgan fingerprint density at radius 1 is 1.56 bits per heavy atom. The van der Waals surface area contributed by atoms with E-state index in [0.29, 0.717) is 12.6 Å². The van der Waals surface area contributed by atoms with Gasteiger partial charge in [-0.05, 0) is 37.5 Å². The molecule has 1 N–H and O–H groups in total. The highest BCUT2D eigenvalue weighted by Gasteiger charge is 2.25. The van der Waals surface area contributed by atoms with Crippen LogP contribution in [0.2, 0.25) is 0 Å². The molecule has 1 unspecified atom stereocenters. The van der Waals surface area contributed by atoms with Crippen molar-refractivity contribution < 1.29 is 4.74 Å². The largest absolute Gasteiger partial charge is 0.494 e. The summed E-state index contributed by atoms with van der Waals surface area (Å²) in [5.74, 6) is 0.831. The first-order valence-corrected chi connectivity index (χ1v) is 5.72. The Kier molecular flexibility index (Phi) is 3.43. The van der Waals surface area contributed by atoms with Crippen LogP contribution in [-0.4, -0.2) is 12.6 Å². The molecule has 0 saturated heterocycles. The van der Waals surface area contributed by atoms with E-state index >= 15 is 0 Å². The molecule has 0 amide bonds. The third-order valence-corrected chi connectivity index (χ3v) is 2.61. The number of nitrogens with one attached hydrogen (secondary N) is 1. The van der Waals surface area contributed by atoms with E-state index in [9.17, 15) is 0 Å². The van der Waals surface area contributed by atoms with Crippen molar-refractivity contribution in [3.63, 3.8) is 0 Å². The summed E-state index contributed by atoms with van der Waals surface area (Å²) >= 11 is 0. The molecule has 1 saturated carbocycles. The van der Waals surface area contributed by atoms with Crippen LogP contribution >= 0.6 is 0 Å². The molecule has 1 aromatic rings. The Morgan fingerprint density at radius 3 is 3.00 bits per heavy atom. The van der Waals surface area contributed by atoms with Crippen molar-refractivity contribution in [3.05, 3.63) is 29.8 Å². The summed E-state index contributed by atoms with van der Waals surface area (Å²) in [5.41, 5.74) is 0.986. The topological polar surface area (TPSA) is 45.0 Å². The minimum atomic E-state index is -0.215. The summed E-state index contributed by atoms with van der Waals surface area (Å²) in [7, 11) is 0. The average molecular weight is 216 g/mol. The number of benzene rings is 1. The van der Waals surface area contributed by atoms with Gasteiger partial charge >= 0.3 is 0 Å². The molecule has 84 valence electrons. The van der Waals surface area contributed by atoms with Gasteiger partial charge in [-0.25, -0.2) is 0 Å². The minimum Gasteiger partial charge on any atom is -0.494 e. The maximum Gasteiger partial charge on any atom is 0.121 e. The lowest BCUT2D eigenvalue weighted by Gasteiger charge is -2.12. The standard InChI is InChI=1S/C13H16N2O/c1-2-16-12-5-3-4-10(8-12)13(9-14)15-11-6-7-11/h3-5,8,11,13,15H,2,6-7H2,1H3. The Hall–Kier alpha value is -1.53. The first kappa shape index (κ1) is 11.0. The van der Waals surface area contributed by atoms with Gasteiger partial charge in [-0.3, -0.25) is 5.32 Å². The van der Waals surface area contributed by atoms with Crippen molar-refractivity contribution in [3.8, 4) is 11.8 Å². The second-order valence-corrected chi connectivity index (χ2v) is 4.01.